The fraction of sp³-hybridized carbons (Fsp3) is 0.375. The smallest absolute Gasteiger partial charge is 0.218 e. The quantitative estimate of drug-likeness (QED) is 0.597. The van der Waals surface area contributed by atoms with Gasteiger partial charge < -0.3 is 4.42 Å². The van der Waals surface area contributed by atoms with Gasteiger partial charge in [-0.2, -0.15) is 0 Å². The first-order valence-corrected chi connectivity index (χ1v) is 3.38. The van der Waals surface area contributed by atoms with Gasteiger partial charge in [0.15, 0.2) is 0 Å². The number of rotatable bonds is 1. The molecule has 0 spiro atoms. The molecular weight excluding hydrogens is 126 g/mol. The minimum atomic E-state index is 0.586. The fourth-order valence-electron chi connectivity index (χ4n) is 0.467. The summed E-state index contributed by atoms with van der Waals surface area (Å²) in [5.41, 5.74) is 0. The Kier molecular flexibility index (Phi) is 4.29. The maximum atomic E-state index is 5.00. The summed E-state index contributed by atoms with van der Waals surface area (Å²) in [7, 11) is 0. The number of nitrogens with zero attached hydrogens (tertiary/aromatic N) is 1. The Morgan fingerprint density at radius 2 is 2.20 bits per heavy atom. The minimum absolute atomic E-state index is 0.586. The standard InChI is InChI=1S/C6H7NO.C2H6/c1-3-6-7-4-5(2)8-6;1-2/h3-4H,1H2,2H3;1-2H3. The van der Waals surface area contributed by atoms with Crippen molar-refractivity contribution < 1.29 is 4.42 Å². The predicted octanol–water partition coefficient (Wildman–Crippen LogP) is 2.65. The Bertz CT molecular complexity index is 191. The van der Waals surface area contributed by atoms with E-state index in [4.69, 9.17) is 4.42 Å². The normalized spacial score (nSPS) is 7.90. The average molecular weight is 139 g/mol. The van der Waals surface area contributed by atoms with Gasteiger partial charge in [-0.3, -0.25) is 0 Å². The van der Waals surface area contributed by atoms with Gasteiger partial charge in [0.1, 0.15) is 5.76 Å². The molecule has 0 aliphatic heterocycles. The van der Waals surface area contributed by atoms with Crippen LogP contribution in [-0.4, -0.2) is 4.98 Å². The molecule has 0 bridgehead atoms. The molecule has 0 aliphatic carbocycles. The summed E-state index contributed by atoms with van der Waals surface area (Å²) in [6, 6.07) is 0. The van der Waals surface area contributed by atoms with Crippen LogP contribution in [0, 0.1) is 6.92 Å². The average Bonchev–Trinajstić information content (AvgIpc) is 2.40. The fourth-order valence-corrected chi connectivity index (χ4v) is 0.467. The van der Waals surface area contributed by atoms with Crippen molar-refractivity contribution in [1.29, 1.82) is 0 Å². The van der Waals surface area contributed by atoms with Gasteiger partial charge in [0.05, 0.1) is 6.20 Å². The number of hydrogen-bond donors (Lipinski definition) is 0. The van der Waals surface area contributed by atoms with E-state index in [1.807, 2.05) is 20.8 Å². The Labute approximate surface area is 61.6 Å². The van der Waals surface area contributed by atoms with E-state index < -0.39 is 0 Å². The first kappa shape index (κ1) is 8.95. The molecule has 10 heavy (non-hydrogen) atoms. The molecule has 56 valence electrons. The van der Waals surface area contributed by atoms with Gasteiger partial charge in [0.2, 0.25) is 5.89 Å². The highest BCUT2D eigenvalue weighted by Gasteiger charge is 1.90. The van der Waals surface area contributed by atoms with Crippen molar-refractivity contribution in [3.05, 3.63) is 24.4 Å². The number of aromatic nitrogens is 1. The summed E-state index contributed by atoms with van der Waals surface area (Å²) in [6.07, 6.45) is 3.24. The number of hydrogen-bond acceptors (Lipinski definition) is 2. The first-order valence-electron chi connectivity index (χ1n) is 3.38. The second kappa shape index (κ2) is 4.79. The van der Waals surface area contributed by atoms with Crippen molar-refractivity contribution in [1.82, 2.24) is 4.98 Å². The van der Waals surface area contributed by atoms with Crippen molar-refractivity contribution in [3.63, 3.8) is 0 Å². The van der Waals surface area contributed by atoms with Gasteiger partial charge in [-0.1, -0.05) is 20.4 Å². The zero-order valence-corrected chi connectivity index (χ0v) is 6.72. The topological polar surface area (TPSA) is 26.0 Å². The molecule has 2 nitrogen and oxygen atoms in total. The zero-order chi connectivity index (χ0) is 7.98. The van der Waals surface area contributed by atoms with E-state index in [0.717, 1.165) is 5.76 Å². The molecule has 0 radical (unpaired) electrons. The molecule has 0 saturated heterocycles. The molecule has 0 fully saturated rings. The summed E-state index contributed by atoms with van der Waals surface area (Å²) in [6.45, 7) is 9.34. The minimum Gasteiger partial charge on any atom is -0.442 e. The lowest BCUT2D eigenvalue weighted by Gasteiger charge is -1.75. The van der Waals surface area contributed by atoms with E-state index in [0.29, 0.717) is 5.89 Å². The second-order valence-electron chi connectivity index (χ2n) is 1.51. The zero-order valence-electron chi connectivity index (χ0n) is 6.72. The van der Waals surface area contributed by atoms with Crippen molar-refractivity contribution in [2.75, 3.05) is 0 Å². The molecule has 0 N–H and O–H groups in total. The van der Waals surface area contributed by atoms with Crippen molar-refractivity contribution in [2.45, 2.75) is 20.8 Å². The molecule has 0 aromatic carbocycles. The number of aryl methyl sites for hydroxylation is 1. The molecule has 1 aromatic heterocycles. The molecule has 1 aromatic rings. The number of oxazole rings is 1. The molecular formula is C8H13NO. The third-order valence-corrected chi connectivity index (χ3v) is 0.814. The van der Waals surface area contributed by atoms with E-state index >= 15 is 0 Å². The lowest BCUT2D eigenvalue weighted by Crippen LogP contribution is -1.61. The van der Waals surface area contributed by atoms with Crippen LogP contribution in [-0.2, 0) is 0 Å². The predicted molar refractivity (Wildman–Crippen MR) is 42.7 cm³/mol. The van der Waals surface area contributed by atoms with Gasteiger partial charge in [-0.25, -0.2) is 4.98 Å². The van der Waals surface area contributed by atoms with Crippen molar-refractivity contribution in [2.24, 2.45) is 0 Å². The highest BCUT2D eigenvalue weighted by atomic mass is 16.3. The highest BCUT2D eigenvalue weighted by molar-refractivity contribution is 5.33. The van der Waals surface area contributed by atoms with Gasteiger partial charge in [-0.15, -0.1) is 0 Å². The van der Waals surface area contributed by atoms with Crippen molar-refractivity contribution >= 4 is 6.08 Å². The van der Waals surface area contributed by atoms with E-state index in [1.165, 1.54) is 0 Å². The Hall–Kier alpha value is -1.05. The van der Waals surface area contributed by atoms with Crippen molar-refractivity contribution in [3.8, 4) is 0 Å². The van der Waals surface area contributed by atoms with Crippen LogP contribution >= 0.6 is 0 Å². The van der Waals surface area contributed by atoms with E-state index in [-0.39, 0.29) is 0 Å². The molecule has 0 saturated carbocycles. The molecule has 0 amide bonds. The largest absolute Gasteiger partial charge is 0.442 e. The van der Waals surface area contributed by atoms with Crippen LogP contribution in [0.4, 0.5) is 0 Å². The monoisotopic (exact) mass is 139 g/mol. The van der Waals surface area contributed by atoms with Gasteiger partial charge in [0, 0.05) is 0 Å². The molecule has 0 atom stereocenters. The van der Waals surface area contributed by atoms with Crippen LogP contribution in [0.25, 0.3) is 6.08 Å². The van der Waals surface area contributed by atoms with E-state index in [1.54, 1.807) is 12.3 Å². The van der Waals surface area contributed by atoms with Crippen LogP contribution < -0.4 is 0 Å². The lowest BCUT2D eigenvalue weighted by molar-refractivity contribution is 0.517. The SMILES string of the molecule is C=Cc1ncc(C)o1.CC. The first-order chi connectivity index (χ1) is 4.83. The van der Waals surface area contributed by atoms with Crippen LogP contribution in [0.2, 0.25) is 0 Å². The second-order valence-corrected chi connectivity index (χ2v) is 1.51. The Morgan fingerprint density at radius 3 is 2.40 bits per heavy atom. The molecule has 2 heteroatoms. The Balaban J connectivity index is 0.000000371. The summed E-state index contributed by atoms with van der Waals surface area (Å²) in [5, 5.41) is 0. The highest BCUT2D eigenvalue weighted by Crippen LogP contribution is 2.00. The van der Waals surface area contributed by atoms with Crippen LogP contribution in [0.15, 0.2) is 17.2 Å². The molecule has 0 unspecified atom stereocenters. The van der Waals surface area contributed by atoms with Gasteiger partial charge in [0.25, 0.3) is 0 Å². The van der Waals surface area contributed by atoms with E-state index in [2.05, 4.69) is 11.6 Å². The maximum absolute atomic E-state index is 5.00. The maximum Gasteiger partial charge on any atom is 0.218 e. The van der Waals surface area contributed by atoms with Crippen LogP contribution in [0.1, 0.15) is 25.5 Å². The lowest BCUT2D eigenvalue weighted by atomic mass is 10.6. The van der Waals surface area contributed by atoms with Gasteiger partial charge in [-0.05, 0) is 13.0 Å². The Morgan fingerprint density at radius 1 is 1.60 bits per heavy atom. The van der Waals surface area contributed by atoms with Gasteiger partial charge >= 0.3 is 0 Å². The molecule has 1 heterocycles. The summed E-state index contributed by atoms with van der Waals surface area (Å²) < 4.78 is 5.00. The summed E-state index contributed by atoms with van der Waals surface area (Å²) >= 11 is 0. The van der Waals surface area contributed by atoms with Crippen LogP contribution in [0.5, 0.6) is 0 Å². The summed E-state index contributed by atoms with van der Waals surface area (Å²) in [5.74, 6) is 1.41. The third kappa shape index (κ3) is 2.49. The van der Waals surface area contributed by atoms with E-state index in [9.17, 15) is 0 Å². The summed E-state index contributed by atoms with van der Waals surface area (Å²) in [4.78, 5) is 3.85. The molecule has 1 rings (SSSR count). The molecule has 0 aliphatic rings. The third-order valence-electron chi connectivity index (χ3n) is 0.814. The van der Waals surface area contributed by atoms with Crippen LogP contribution in [0.3, 0.4) is 0 Å².